The van der Waals surface area contributed by atoms with E-state index in [0.29, 0.717) is 13.0 Å². The number of ketones is 1. The van der Waals surface area contributed by atoms with Gasteiger partial charge in [-0.15, -0.1) is 0 Å². The van der Waals surface area contributed by atoms with Crippen LogP contribution in [0.25, 0.3) is 0 Å². The lowest BCUT2D eigenvalue weighted by Gasteiger charge is -2.24. The lowest BCUT2D eigenvalue weighted by atomic mass is 10.1. The molecule has 1 atom stereocenters. The van der Waals surface area contributed by atoms with E-state index in [-0.39, 0.29) is 0 Å². The average Bonchev–Trinajstić information content (AvgIpc) is 1.93. The van der Waals surface area contributed by atoms with Crippen molar-refractivity contribution in [2.75, 3.05) is 13.6 Å². The van der Waals surface area contributed by atoms with Crippen LogP contribution in [0, 0.1) is 0 Å². The van der Waals surface area contributed by atoms with Crippen LogP contribution in [-0.4, -0.2) is 36.2 Å². The summed E-state index contributed by atoms with van der Waals surface area (Å²) in [6, 6.07) is -0.566. The van der Waals surface area contributed by atoms with Gasteiger partial charge < -0.3 is 10.6 Å². The first kappa shape index (κ1) is 7.21. The Bertz CT molecular complexity index is 159. The molecule has 1 rings (SSSR count). The first-order valence-electron chi connectivity index (χ1n) is 3.18. The van der Waals surface area contributed by atoms with Crippen molar-refractivity contribution in [2.24, 2.45) is 5.73 Å². The summed E-state index contributed by atoms with van der Waals surface area (Å²) in [5.74, 6) is -0.924. The predicted molar refractivity (Wildman–Crippen MR) is 35.2 cm³/mol. The Morgan fingerprint density at radius 3 is 2.70 bits per heavy atom. The third-order valence-corrected chi connectivity index (χ3v) is 1.67. The zero-order valence-electron chi connectivity index (χ0n) is 5.83. The molecule has 10 heavy (non-hydrogen) atoms. The Morgan fingerprint density at radius 1 is 1.60 bits per heavy atom. The zero-order chi connectivity index (χ0) is 7.72. The smallest absolute Gasteiger partial charge is 0.291 e. The molecule has 0 aliphatic carbocycles. The molecule has 4 nitrogen and oxygen atoms in total. The molecule has 0 aromatic heterocycles. The molecule has 0 radical (unpaired) electrons. The van der Waals surface area contributed by atoms with E-state index in [1.54, 1.807) is 7.05 Å². The topological polar surface area (TPSA) is 63.4 Å². The minimum absolute atomic E-state index is 0.459. The molecule has 0 saturated carbocycles. The summed E-state index contributed by atoms with van der Waals surface area (Å²) in [5.41, 5.74) is 5.33. The Labute approximate surface area is 59.0 Å². The van der Waals surface area contributed by atoms with E-state index in [1.165, 1.54) is 4.90 Å². The Morgan fingerprint density at radius 2 is 2.20 bits per heavy atom. The van der Waals surface area contributed by atoms with Crippen molar-refractivity contribution >= 4 is 11.7 Å². The molecule has 1 saturated heterocycles. The van der Waals surface area contributed by atoms with Crippen LogP contribution < -0.4 is 5.73 Å². The van der Waals surface area contributed by atoms with Crippen molar-refractivity contribution < 1.29 is 9.59 Å². The number of nitrogens with zero attached hydrogens (tertiary/aromatic N) is 1. The van der Waals surface area contributed by atoms with Crippen LogP contribution >= 0.6 is 0 Å². The van der Waals surface area contributed by atoms with Gasteiger partial charge in [-0.05, 0) is 6.42 Å². The molecule has 0 aromatic rings. The molecule has 0 aromatic carbocycles. The third kappa shape index (κ3) is 1.02. The van der Waals surface area contributed by atoms with Crippen LogP contribution in [-0.2, 0) is 9.59 Å². The summed E-state index contributed by atoms with van der Waals surface area (Å²) in [6.07, 6.45) is 0.584. The highest BCUT2D eigenvalue weighted by Gasteiger charge is 2.29. The fourth-order valence-corrected chi connectivity index (χ4v) is 0.912. The number of carbonyl (C=O) groups is 2. The van der Waals surface area contributed by atoms with Crippen LogP contribution in [0.2, 0.25) is 0 Å². The summed E-state index contributed by atoms with van der Waals surface area (Å²) in [7, 11) is 1.60. The van der Waals surface area contributed by atoms with Gasteiger partial charge in [0.2, 0.25) is 5.78 Å². The van der Waals surface area contributed by atoms with E-state index >= 15 is 0 Å². The molecule has 1 aliphatic heterocycles. The van der Waals surface area contributed by atoms with E-state index in [9.17, 15) is 9.59 Å². The second kappa shape index (κ2) is 2.38. The molecular weight excluding hydrogens is 132 g/mol. The van der Waals surface area contributed by atoms with Crippen molar-refractivity contribution in [3.63, 3.8) is 0 Å². The molecule has 1 fully saturated rings. The number of Topliss-reactive ketones (excluding diaryl/α,β-unsaturated/α-hetero) is 1. The maximum absolute atomic E-state index is 10.8. The number of rotatable bonds is 0. The van der Waals surface area contributed by atoms with Crippen molar-refractivity contribution in [2.45, 2.75) is 12.5 Å². The SMILES string of the molecule is CN1CCC(N)C(=O)C1=O. The monoisotopic (exact) mass is 142 g/mol. The van der Waals surface area contributed by atoms with E-state index in [4.69, 9.17) is 5.73 Å². The summed E-state index contributed by atoms with van der Waals surface area (Å²) < 4.78 is 0. The van der Waals surface area contributed by atoms with Crippen molar-refractivity contribution in [1.29, 1.82) is 0 Å². The molecule has 1 amide bonds. The van der Waals surface area contributed by atoms with Gasteiger partial charge in [0, 0.05) is 13.6 Å². The van der Waals surface area contributed by atoms with E-state index in [0.717, 1.165) is 0 Å². The van der Waals surface area contributed by atoms with Crippen molar-refractivity contribution in [3.05, 3.63) is 0 Å². The number of likely N-dealkylation sites (tertiary alicyclic amines) is 1. The molecule has 0 bridgehead atoms. The van der Waals surface area contributed by atoms with Crippen molar-refractivity contribution in [3.8, 4) is 0 Å². The van der Waals surface area contributed by atoms with Gasteiger partial charge in [-0.2, -0.15) is 0 Å². The van der Waals surface area contributed by atoms with Gasteiger partial charge in [0.1, 0.15) is 0 Å². The number of amides is 1. The van der Waals surface area contributed by atoms with Gasteiger partial charge in [0.15, 0.2) is 0 Å². The van der Waals surface area contributed by atoms with Crippen LogP contribution in [0.3, 0.4) is 0 Å². The number of likely N-dealkylation sites (N-methyl/N-ethyl adjacent to an activating group) is 1. The van der Waals surface area contributed by atoms with Gasteiger partial charge >= 0.3 is 0 Å². The van der Waals surface area contributed by atoms with Crippen molar-refractivity contribution in [1.82, 2.24) is 4.90 Å². The summed E-state index contributed by atoms with van der Waals surface area (Å²) in [6.45, 7) is 0.589. The van der Waals surface area contributed by atoms with E-state index in [1.807, 2.05) is 0 Å². The molecule has 0 spiro atoms. The number of hydrogen-bond acceptors (Lipinski definition) is 3. The first-order chi connectivity index (χ1) is 4.63. The molecule has 1 heterocycles. The predicted octanol–water partition coefficient (Wildman–Crippen LogP) is -1.26. The lowest BCUT2D eigenvalue weighted by molar-refractivity contribution is -0.146. The number of piperidine rings is 1. The van der Waals surface area contributed by atoms with Gasteiger partial charge in [0.05, 0.1) is 6.04 Å². The number of carbonyl (C=O) groups excluding carboxylic acids is 2. The quantitative estimate of drug-likeness (QED) is 0.429. The molecular formula is C6H10N2O2. The number of hydrogen-bond donors (Lipinski definition) is 1. The summed E-state index contributed by atoms with van der Waals surface area (Å²) in [5, 5.41) is 0. The van der Waals surface area contributed by atoms with Crippen LogP contribution in [0.1, 0.15) is 6.42 Å². The molecule has 56 valence electrons. The second-order valence-corrected chi connectivity index (χ2v) is 2.49. The maximum atomic E-state index is 10.8. The fraction of sp³-hybridized carbons (Fsp3) is 0.667. The zero-order valence-corrected chi connectivity index (χ0v) is 5.83. The molecule has 1 aliphatic rings. The van der Waals surface area contributed by atoms with Gasteiger partial charge in [-0.25, -0.2) is 0 Å². The van der Waals surface area contributed by atoms with Crippen LogP contribution in [0.15, 0.2) is 0 Å². The Kier molecular flexibility index (Phi) is 1.72. The highest BCUT2D eigenvalue weighted by Crippen LogP contribution is 2.03. The summed E-state index contributed by atoms with van der Waals surface area (Å²) >= 11 is 0. The summed E-state index contributed by atoms with van der Waals surface area (Å²) in [4.78, 5) is 23.0. The van der Waals surface area contributed by atoms with Gasteiger partial charge in [-0.1, -0.05) is 0 Å². The minimum atomic E-state index is -0.566. The third-order valence-electron chi connectivity index (χ3n) is 1.67. The second-order valence-electron chi connectivity index (χ2n) is 2.49. The highest BCUT2D eigenvalue weighted by atomic mass is 16.2. The minimum Gasteiger partial charge on any atom is -0.339 e. The van der Waals surface area contributed by atoms with E-state index < -0.39 is 17.7 Å². The molecule has 2 N–H and O–H groups in total. The van der Waals surface area contributed by atoms with Gasteiger partial charge in [0.25, 0.3) is 5.91 Å². The normalized spacial score (nSPS) is 27.4. The standard InChI is InChI=1S/C6H10N2O2/c1-8-3-2-4(7)5(9)6(8)10/h4H,2-3,7H2,1H3. The maximum Gasteiger partial charge on any atom is 0.291 e. The number of nitrogens with two attached hydrogens (primary N) is 1. The van der Waals surface area contributed by atoms with Crippen LogP contribution in [0.4, 0.5) is 0 Å². The molecule has 4 heteroatoms. The lowest BCUT2D eigenvalue weighted by Crippen LogP contribution is -2.50. The highest BCUT2D eigenvalue weighted by molar-refractivity contribution is 6.38. The largest absolute Gasteiger partial charge is 0.339 e. The Hall–Kier alpha value is -0.900. The fourth-order valence-electron chi connectivity index (χ4n) is 0.912. The van der Waals surface area contributed by atoms with E-state index in [2.05, 4.69) is 0 Å². The van der Waals surface area contributed by atoms with Crippen LogP contribution in [0.5, 0.6) is 0 Å². The average molecular weight is 142 g/mol. The molecule has 1 unspecified atom stereocenters. The van der Waals surface area contributed by atoms with Gasteiger partial charge in [-0.3, -0.25) is 9.59 Å². The first-order valence-corrected chi connectivity index (χ1v) is 3.18. The Balaban J connectivity index is 2.70.